The maximum atomic E-state index is 5.63. The number of nitrogen functional groups attached to an aromatic ring is 1. The van der Waals surface area contributed by atoms with Crippen LogP contribution in [0.1, 0.15) is 18.9 Å². The minimum Gasteiger partial charge on any atom is -0.385 e. The molecule has 2 N–H and O–H groups in total. The smallest absolute Gasteiger partial charge is 0.103 e. The summed E-state index contributed by atoms with van der Waals surface area (Å²) in [5.41, 5.74) is 6.97. The van der Waals surface area contributed by atoms with Gasteiger partial charge in [0.25, 0.3) is 0 Å². The van der Waals surface area contributed by atoms with Crippen LogP contribution in [0, 0.1) is 0 Å². The summed E-state index contributed by atoms with van der Waals surface area (Å²) in [5, 5.41) is 0. The molecule has 0 spiro atoms. The molecule has 2 nitrogen and oxygen atoms in total. The van der Waals surface area contributed by atoms with Crippen molar-refractivity contribution >= 4 is 5.82 Å². The third-order valence-corrected chi connectivity index (χ3v) is 1.64. The highest BCUT2D eigenvalue weighted by Gasteiger charge is 1.96. The first-order valence-corrected chi connectivity index (χ1v) is 3.64. The van der Waals surface area contributed by atoms with Crippen molar-refractivity contribution in [1.82, 2.24) is 4.57 Å². The van der Waals surface area contributed by atoms with E-state index in [0.717, 1.165) is 12.2 Å². The molecule has 0 fully saturated rings. The fourth-order valence-corrected chi connectivity index (χ4v) is 1.08. The van der Waals surface area contributed by atoms with Gasteiger partial charge in [-0.1, -0.05) is 13.3 Å². The first-order valence-electron chi connectivity index (χ1n) is 3.64. The summed E-state index contributed by atoms with van der Waals surface area (Å²) in [7, 11) is 1.97. The van der Waals surface area contributed by atoms with Crippen LogP contribution in [0.5, 0.6) is 0 Å². The third kappa shape index (κ3) is 1.32. The zero-order valence-electron chi connectivity index (χ0n) is 6.59. The number of hydrogen-bond donors (Lipinski definition) is 1. The molecule has 0 aliphatic rings. The Morgan fingerprint density at radius 1 is 1.60 bits per heavy atom. The second kappa shape index (κ2) is 2.78. The van der Waals surface area contributed by atoms with Crippen molar-refractivity contribution in [2.45, 2.75) is 19.8 Å². The van der Waals surface area contributed by atoms with Gasteiger partial charge in [-0.25, -0.2) is 0 Å². The Balaban J connectivity index is 2.77. The lowest BCUT2D eigenvalue weighted by Crippen LogP contribution is -1.92. The normalized spacial score (nSPS) is 10.2. The number of hydrogen-bond acceptors (Lipinski definition) is 1. The minimum atomic E-state index is 0.850. The Bertz CT molecular complexity index is 194. The Morgan fingerprint density at radius 2 is 2.30 bits per heavy atom. The molecular weight excluding hydrogens is 124 g/mol. The van der Waals surface area contributed by atoms with Gasteiger partial charge in [-0.05, 0) is 18.1 Å². The molecule has 56 valence electrons. The van der Waals surface area contributed by atoms with E-state index in [1.165, 1.54) is 12.0 Å². The van der Waals surface area contributed by atoms with E-state index in [4.69, 9.17) is 5.73 Å². The maximum absolute atomic E-state index is 5.63. The minimum absolute atomic E-state index is 0.850. The highest BCUT2D eigenvalue weighted by atomic mass is 15.0. The third-order valence-electron chi connectivity index (χ3n) is 1.64. The van der Waals surface area contributed by atoms with Crippen molar-refractivity contribution in [2.75, 3.05) is 5.73 Å². The zero-order chi connectivity index (χ0) is 7.56. The van der Waals surface area contributed by atoms with Gasteiger partial charge in [-0.2, -0.15) is 0 Å². The molecule has 1 rings (SSSR count). The number of anilines is 1. The molecule has 0 saturated heterocycles. The predicted octanol–water partition coefficient (Wildman–Crippen LogP) is 1.56. The van der Waals surface area contributed by atoms with Crippen molar-refractivity contribution < 1.29 is 0 Å². The molecule has 1 aromatic rings. The Morgan fingerprint density at radius 3 is 2.70 bits per heavy atom. The molecule has 1 heterocycles. The quantitative estimate of drug-likeness (QED) is 0.660. The second-order valence-corrected chi connectivity index (χ2v) is 2.63. The number of nitrogens with two attached hydrogens (primary N) is 1. The van der Waals surface area contributed by atoms with Gasteiger partial charge in [0.05, 0.1) is 0 Å². The highest BCUT2D eigenvalue weighted by Crippen LogP contribution is 2.09. The van der Waals surface area contributed by atoms with Crippen LogP contribution in [0.4, 0.5) is 5.82 Å². The van der Waals surface area contributed by atoms with Crippen LogP contribution in [0.2, 0.25) is 0 Å². The van der Waals surface area contributed by atoms with Crippen LogP contribution in [0.25, 0.3) is 0 Å². The molecule has 2 heteroatoms. The SMILES string of the molecule is CCCc1cc(N)n(C)c1. The topological polar surface area (TPSA) is 30.9 Å². The van der Waals surface area contributed by atoms with E-state index in [9.17, 15) is 0 Å². The van der Waals surface area contributed by atoms with Crippen LogP contribution in [-0.2, 0) is 13.5 Å². The Hall–Kier alpha value is -0.920. The number of aromatic nitrogens is 1. The summed E-state index contributed by atoms with van der Waals surface area (Å²) in [6.07, 6.45) is 4.40. The molecule has 0 saturated carbocycles. The van der Waals surface area contributed by atoms with Gasteiger partial charge in [-0.15, -0.1) is 0 Å². The molecule has 1 aromatic heterocycles. The summed E-state index contributed by atoms with van der Waals surface area (Å²) in [4.78, 5) is 0. The highest BCUT2D eigenvalue weighted by molar-refractivity contribution is 5.35. The number of aryl methyl sites for hydroxylation is 2. The summed E-state index contributed by atoms with van der Waals surface area (Å²) in [6, 6.07) is 2.03. The van der Waals surface area contributed by atoms with Crippen LogP contribution in [0.3, 0.4) is 0 Å². The Labute approximate surface area is 61.7 Å². The van der Waals surface area contributed by atoms with Crippen molar-refractivity contribution in [3.8, 4) is 0 Å². The van der Waals surface area contributed by atoms with Gasteiger partial charge >= 0.3 is 0 Å². The van der Waals surface area contributed by atoms with E-state index in [1.807, 2.05) is 17.7 Å². The summed E-state index contributed by atoms with van der Waals surface area (Å²) < 4.78 is 1.95. The fourth-order valence-electron chi connectivity index (χ4n) is 1.08. The lowest BCUT2D eigenvalue weighted by molar-refractivity contribution is 0.895. The molecule has 0 aliphatic heterocycles. The molecule has 0 aliphatic carbocycles. The van der Waals surface area contributed by atoms with Crippen molar-refractivity contribution in [2.24, 2.45) is 7.05 Å². The maximum Gasteiger partial charge on any atom is 0.103 e. The van der Waals surface area contributed by atoms with Gasteiger partial charge in [0.1, 0.15) is 5.82 Å². The molecule has 0 unspecified atom stereocenters. The number of rotatable bonds is 2. The monoisotopic (exact) mass is 138 g/mol. The molecule has 10 heavy (non-hydrogen) atoms. The molecule has 0 atom stereocenters. The van der Waals surface area contributed by atoms with Crippen LogP contribution in [0.15, 0.2) is 12.3 Å². The first kappa shape index (κ1) is 7.19. The zero-order valence-corrected chi connectivity index (χ0v) is 6.59. The first-order chi connectivity index (χ1) is 4.74. The Kier molecular flexibility index (Phi) is 2.00. The van der Waals surface area contributed by atoms with Gasteiger partial charge in [-0.3, -0.25) is 0 Å². The van der Waals surface area contributed by atoms with Gasteiger partial charge in [0.15, 0.2) is 0 Å². The second-order valence-electron chi connectivity index (χ2n) is 2.63. The van der Waals surface area contributed by atoms with E-state index in [-0.39, 0.29) is 0 Å². The van der Waals surface area contributed by atoms with E-state index < -0.39 is 0 Å². The lowest BCUT2D eigenvalue weighted by Gasteiger charge is -1.90. The number of nitrogens with zero attached hydrogens (tertiary/aromatic N) is 1. The van der Waals surface area contributed by atoms with Crippen molar-refractivity contribution in [3.63, 3.8) is 0 Å². The molecule has 0 radical (unpaired) electrons. The molecule has 0 aromatic carbocycles. The summed E-state index contributed by atoms with van der Waals surface area (Å²) >= 11 is 0. The lowest BCUT2D eigenvalue weighted by atomic mass is 10.2. The van der Waals surface area contributed by atoms with Crippen LogP contribution in [-0.4, -0.2) is 4.57 Å². The molecule has 0 amide bonds. The predicted molar refractivity (Wildman–Crippen MR) is 43.8 cm³/mol. The average Bonchev–Trinajstić information content (AvgIpc) is 2.14. The standard InChI is InChI=1S/C8H14N2/c1-3-4-7-5-8(9)10(2)6-7/h5-6H,3-4,9H2,1-2H3. The molecular formula is C8H14N2. The van der Waals surface area contributed by atoms with Crippen molar-refractivity contribution in [1.29, 1.82) is 0 Å². The molecule has 0 bridgehead atoms. The fraction of sp³-hybridized carbons (Fsp3) is 0.500. The van der Waals surface area contributed by atoms with E-state index in [0.29, 0.717) is 0 Å². The van der Waals surface area contributed by atoms with Gasteiger partial charge < -0.3 is 10.3 Å². The van der Waals surface area contributed by atoms with Crippen LogP contribution >= 0.6 is 0 Å². The van der Waals surface area contributed by atoms with Gasteiger partial charge in [0, 0.05) is 13.2 Å². The summed E-state index contributed by atoms with van der Waals surface area (Å²) in [6.45, 7) is 2.17. The van der Waals surface area contributed by atoms with Gasteiger partial charge in [0.2, 0.25) is 0 Å². The average molecular weight is 138 g/mol. The van der Waals surface area contributed by atoms with Crippen LogP contribution < -0.4 is 5.73 Å². The largest absolute Gasteiger partial charge is 0.385 e. The van der Waals surface area contributed by atoms with E-state index in [1.54, 1.807) is 0 Å². The van der Waals surface area contributed by atoms with E-state index in [2.05, 4.69) is 13.1 Å². The van der Waals surface area contributed by atoms with E-state index >= 15 is 0 Å². The van der Waals surface area contributed by atoms with Crippen molar-refractivity contribution in [3.05, 3.63) is 17.8 Å². The summed E-state index contributed by atoms with van der Waals surface area (Å²) in [5.74, 6) is 0.850.